The molecule has 0 bridgehead atoms. The summed E-state index contributed by atoms with van der Waals surface area (Å²) in [7, 11) is 1.18. The van der Waals surface area contributed by atoms with E-state index in [-0.39, 0.29) is 23.4 Å². The number of allylic oxidation sites excluding steroid dienone is 1. The summed E-state index contributed by atoms with van der Waals surface area (Å²) in [6.07, 6.45) is 1.08. The van der Waals surface area contributed by atoms with Crippen LogP contribution in [-0.4, -0.2) is 37.7 Å². The summed E-state index contributed by atoms with van der Waals surface area (Å²) >= 11 is 0. The van der Waals surface area contributed by atoms with Crippen molar-refractivity contribution in [1.29, 1.82) is 5.26 Å². The first kappa shape index (κ1) is 20.0. The van der Waals surface area contributed by atoms with Crippen molar-refractivity contribution in [3.8, 4) is 6.07 Å². The normalized spacial score (nSPS) is 19.0. The zero-order valence-corrected chi connectivity index (χ0v) is 15.4. The predicted molar refractivity (Wildman–Crippen MR) is 96.9 cm³/mol. The molecule has 1 heterocycles. The van der Waals surface area contributed by atoms with Crippen molar-refractivity contribution in [2.75, 3.05) is 13.7 Å². The molecule has 0 saturated heterocycles. The van der Waals surface area contributed by atoms with E-state index < -0.39 is 23.8 Å². The highest BCUT2D eigenvalue weighted by molar-refractivity contribution is 6.09. The highest BCUT2D eigenvalue weighted by Crippen LogP contribution is 2.40. The van der Waals surface area contributed by atoms with Gasteiger partial charge in [0.15, 0.2) is 6.29 Å². The van der Waals surface area contributed by atoms with Crippen LogP contribution in [0.4, 0.5) is 0 Å². The lowest BCUT2D eigenvalue weighted by Gasteiger charge is -2.31. The Balaban J connectivity index is 2.73. The molecule has 27 heavy (non-hydrogen) atoms. The lowest BCUT2D eigenvalue weighted by Crippen LogP contribution is -2.37. The van der Waals surface area contributed by atoms with Crippen molar-refractivity contribution in [3.05, 3.63) is 46.7 Å². The SMILES string of the molecule is CCCOC(=O)C1C(C)=NC(C=O)=C(C(=O)OC)C1c1ccccc1C#N. The number of ether oxygens (including phenoxy) is 2. The number of hydrogen-bond donors (Lipinski definition) is 0. The Morgan fingerprint density at radius 1 is 1.33 bits per heavy atom. The molecule has 1 aliphatic heterocycles. The van der Waals surface area contributed by atoms with E-state index in [0.717, 1.165) is 0 Å². The molecule has 0 aromatic heterocycles. The van der Waals surface area contributed by atoms with E-state index in [1.54, 1.807) is 31.2 Å². The maximum absolute atomic E-state index is 12.8. The molecule has 0 aliphatic carbocycles. The van der Waals surface area contributed by atoms with Gasteiger partial charge < -0.3 is 9.47 Å². The quantitative estimate of drug-likeness (QED) is 0.563. The van der Waals surface area contributed by atoms with Gasteiger partial charge in [0.1, 0.15) is 11.6 Å². The fourth-order valence-electron chi connectivity index (χ4n) is 3.12. The summed E-state index contributed by atoms with van der Waals surface area (Å²) in [5, 5.41) is 9.49. The summed E-state index contributed by atoms with van der Waals surface area (Å²) in [5.41, 5.74) is 0.893. The molecular weight excluding hydrogens is 348 g/mol. The molecule has 0 N–H and O–H groups in total. The van der Waals surface area contributed by atoms with Crippen LogP contribution in [-0.2, 0) is 23.9 Å². The molecule has 0 radical (unpaired) electrons. The molecule has 7 nitrogen and oxygen atoms in total. The summed E-state index contributed by atoms with van der Waals surface area (Å²) in [6, 6.07) is 8.67. The zero-order chi connectivity index (χ0) is 20.0. The molecule has 7 heteroatoms. The average Bonchev–Trinajstić information content (AvgIpc) is 2.70. The Morgan fingerprint density at radius 2 is 2.04 bits per heavy atom. The molecule has 2 unspecified atom stereocenters. The van der Waals surface area contributed by atoms with Gasteiger partial charge in [-0.15, -0.1) is 0 Å². The summed E-state index contributed by atoms with van der Waals surface area (Å²) < 4.78 is 10.1. The van der Waals surface area contributed by atoms with Crippen LogP contribution in [0.25, 0.3) is 0 Å². The fourth-order valence-corrected chi connectivity index (χ4v) is 3.12. The van der Waals surface area contributed by atoms with E-state index in [1.807, 2.05) is 6.92 Å². The summed E-state index contributed by atoms with van der Waals surface area (Å²) in [4.78, 5) is 40.9. The molecule has 0 saturated carbocycles. The molecular formula is C20H20N2O5. The van der Waals surface area contributed by atoms with Crippen LogP contribution in [0.2, 0.25) is 0 Å². The van der Waals surface area contributed by atoms with Gasteiger partial charge in [-0.05, 0) is 25.0 Å². The number of esters is 2. The van der Waals surface area contributed by atoms with Crippen molar-refractivity contribution < 1.29 is 23.9 Å². The Morgan fingerprint density at radius 3 is 2.63 bits per heavy atom. The van der Waals surface area contributed by atoms with Crippen LogP contribution in [0, 0.1) is 17.2 Å². The van der Waals surface area contributed by atoms with Gasteiger partial charge in [-0.3, -0.25) is 14.6 Å². The van der Waals surface area contributed by atoms with Crippen LogP contribution in [0.5, 0.6) is 0 Å². The first-order chi connectivity index (χ1) is 13.0. The number of carbonyl (C=O) groups is 3. The second kappa shape index (κ2) is 8.90. The number of nitriles is 1. The predicted octanol–water partition coefficient (Wildman–Crippen LogP) is 2.31. The van der Waals surface area contributed by atoms with Gasteiger partial charge in [0.2, 0.25) is 0 Å². The number of nitrogens with zero attached hydrogens (tertiary/aromatic N) is 2. The van der Waals surface area contributed by atoms with E-state index in [0.29, 0.717) is 24.0 Å². The minimum atomic E-state index is -0.941. The van der Waals surface area contributed by atoms with Gasteiger partial charge in [0.05, 0.1) is 30.9 Å². The lowest BCUT2D eigenvalue weighted by atomic mass is 9.74. The number of aldehydes is 1. The molecule has 0 fully saturated rings. The van der Waals surface area contributed by atoms with Gasteiger partial charge in [-0.1, -0.05) is 25.1 Å². The smallest absolute Gasteiger partial charge is 0.336 e. The van der Waals surface area contributed by atoms with Crippen LogP contribution < -0.4 is 0 Å². The minimum Gasteiger partial charge on any atom is -0.466 e. The second-order valence-corrected chi connectivity index (χ2v) is 5.98. The molecule has 140 valence electrons. The average molecular weight is 368 g/mol. The lowest BCUT2D eigenvalue weighted by molar-refractivity contribution is -0.146. The van der Waals surface area contributed by atoms with Crippen LogP contribution in [0.1, 0.15) is 37.3 Å². The number of carbonyl (C=O) groups excluding carboxylic acids is 3. The van der Waals surface area contributed by atoms with Crippen molar-refractivity contribution in [2.24, 2.45) is 10.9 Å². The second-order valence-electron chi connectivity index (χ2n) is 5.98. The molecule has 2 rings (SSSR count). The van der Waals surface area contributed by atoms with Crippen LogP contribution in [0.3, 0.4) is 0 Å². The number of hydrogen-bond acceptors (Lipinski definition) is 7. The topological polar surface area (TPSA) is 106 Å². The van der Waals surface area contributed by atoms with E-state index >= 15 is 0 Å². The highest BCUT2D eigenvalue weighted by Gasteiger charge is 2.43. The molecule has 1 aliphatic rings. The van der Waals surface area contributed by atoms with Crippen LogP contribution in [0.15, 0.2) is 40.5 Å². The monoisotopic (exact) mass is 368 g/mol. The van der Waals surface area contributed by atoms with Gasteiger partial charge >= 0.3 is 11.9 Å². The standard InChI is InChI=1S/C20H20N2O5/c1-4-9-27-20(25)16-12(2)22-15(11-23)18(19(24)26-3)17(16)14-8-6-5-7-13(14)10-21/h5-8,11,16-17H,4,9H2,1-3H3. The summed E-state index contributed by atoms with van der Waals surface area (Å²) in [5.74, 6) is -3.19. The van der Waals surface area contributed by atoms with Crippen molar-refractivity contribution in [2.45, 2.75) is 26.2 Å². The summed E-state index contributed by atoms with van der Waals surface area (Å²) in [6.45, 7) is 3.67. The fraction of sp³-hybridized carbons (Fsp3) is 0.350. The van der Waals surface area contributed by atoms with Gasteiger partial charge in [0.25, 0.3) is 0 Å². The number of benzene rings is 1. The Hall–Kier alpha value is -3.27. The number of aliphatic imine (C=N–C) groups is 1. The first-order valence-corrected chi connectivity index (χ1v) is 8.48. The molecule has 1 aromatic carbocycles. The third-order valence-corrected chi connectivity index (χ3v) is 4.30. The van der Waals surface area contributed by atoms with Gasteiger partial charge in [0, 0.05) is 11.6 Å². The van der Waals surface area contributed by atoms with E-state index in [1.165, 1.54) is 7.11 Å². The van der Waals surface area contributed by atoms with Gasteiger partial charge in [-0.25, -0.2) is 4.79 Å². The Kier molecular flexibility index (Phi) is 6.61. The molecule has 0 amide bonds. The van der Waals surface area contributed by atoms with Crippen LogP contribution >= 0.6 is 0 Å². The van der Waals surface area contributed by atoms with Crippen molar-refractivity contribution >= 4 is 23.9 Å². The van der Waals surface area contributed by atoms with E-state index in [2.05, 4.69) is 11.1 Å². The molecule has 1 aromatic rings. The Bertz CT molecular complexity index is 863. The number of rotatable bonds is 6. The van der Waals surface area contributed by atoms with Gasteiger partial charge in [-0.2, -0.15) is 5.26 Å². The Labute approximate surface area is 157 Å². The van der Waals surface area contributed by atoms with Crippen molar-refractivity contribution in [1.82, 2.24) is 0 Å². The first-order valence-electron chi connectivity index (χ1n) is 8.48. The minimum absolute atomic E-state index is 0.0563. The van der Waals surface area contributed by atoms with Crippen molar-refractivity contribution in [3.63, 3.8) is 0 Å². The molecule has 2 atom stereocenters. The highest BCUT2D eigenvalue weighted by atomic mass is 16.5. The largest absolute Gasteiger partial charge is 0.466 e. The number of methoxy groups -OCH3 is 1. The maximum atomic E-state index is 12.8. The zero-order valence-electron chi connectivity index (χ0n) is 15.4. The third kappa shape index (κ3) is 3.95. The maximum Gasteiger partial charge on any atom is 0.336 e. The molecule has 0 spiro atoms. The van der Waals surface area contributed by atoms with E-state index in [9.17, 15) is 19.6 Å². The van der Waals surface area contributed by atoms with E-state index in [4.69, 9.17) is 9.47 Å². The third-order valence-electron chi connectivity index (χ3n) is 4.30.